The van der Waals surface area contributed by atoms with E-state index >= 15 is 0 Å². The maximum atomic E-state index is 13.0. The van der Waals surface area contributed by atoms with Gasteiger partial charge in [-0.25, -0.2) is 0 Å². The molecule has 0 aliphatic heterocycles. The Balaban J connectivity index is 1.49. The summed E-state index contributed by atoms with van der Waals surface area (Å²) < 4.78 is 0. The normalized spacial score (nSPS) is 14.8. The molecule has 30 heavy (non-hydrogen) atoms. The standard InChI is InChI=1S/C24H29N5O/c1-18-23(27-29(26-18)21-14-7-4-8-15-21)24(30)25-22-16-10-9-11-19(22)17-28(2)20-12-5-3-6-13-20/h4,7-11,14-16,20H,3,5-6,12-13,17H2,1-2H3,(H,25,30). The molecule has 1 aliphatic carbocycles. The quantitative estimate of drug-likeness (QED) is 0.654. The number of carbonyl (C=O) groups is 1. The minimum Gasteiger partial charge on any atom is -0.320 e. The fourth-order valence-corrected chi connectivity index (χ4v) is 4.15. The van der Waals surface area contributed by atoms with Gasteiger partial charge in [0, 0.05) is 18.3 Å². The fourth-order valence-electron chi connectivity index (χ4n) is 4.15. The van der Waals surface area contributed by atoms with Crippen LogP contribution in [0.15, 0.2) is 54.6 Å². The second kappa shape index (κ2) is 9.22. The van der Waals surface area contributed by atoms with Gasteiger partial charge in [-0.05, 0) is 50.6 Å². The lowest BCUT2D eigenvalue weighted by Crippen LogP contribution is -2.33. The zero-order valence-corrected chi connectivity index (χ0v) is 17.7. The van der Waals surface area contributed by atoms with Gasteiger partial charge in [-0.3, -0.25) is 9.69 Å². The predicted octanol–water partition coefficient (Wildman–Crippen LogP) is 4.59. The van der Waals surface area contributed by atoms with Crippen LogP contribution in [0, 0.1) is 6.92 Å². The van der Waals surface area contributed by atoms with E-state index in [4.69, 9.17) is 0 Å². The van der Waals surface area contributed by atoms with Crippen molar-refractivity contribution < 1.29 is 4.79 Å². The van der Waals surface area contributed by atoms with Crippen LogP contribution < -0.4 is 5.32 Å². The highest BCUT2D eigenvalue weighted by atomic mass is 16.2. The van der Waals surface area contributed by atoms with Crippen molar-refractivity contribution in [1.29, 1.82) is 0 Å². The summed E-state index contributed by atoms with van der Waals surface area (Å²) >= 11 is 0. The first-order chi connectivity index (χ1) is 14.6. The Morgan fingerprint density at radius 2 is 1.73 bits per heavy atom. The molecule has 0 unspecified atom stereocenters. The van der Waals surface area contributed by atoms with Crippen molar-refractivity contribution in [2.24, 2.45) is 0 Å². The number of hydrogen-bond donors (Lipinski definition) is 1. The Hall–Kier alpha value is -2.99. The molecule has 3 aromatic rings. The lowest BCUT2D eigenvalue weighted by molar-refractivity contribution is 0.102. The third kappa shape index (κ3) is 4.60. The molecule has 0 bridgehead atoms. The number of para-hydroxylation sites is 2. The van der Waals surface area contributed by atoms with Crippen LogP contribution in [0.1, 0.15) is 53.8 Å². The summed E-state index contributed by atoms with van der Waals surface area (Å²) in [5.74, 6) is -0.234. The van der Waals surface area contributed by atoms with E-state index in [1.807, 2.05) is 55.5 Å². The molecule has 1 fully saturated rings. The number of nitrogens with zero attached hydrogens (tertiary/aromatic N) is 4. The van der Waals surface area contributed by atoms with Crippen molar-refractivity contribution >= 4 is 11.6 Å². The molecule has 2 aromatic carbocycles. The molecule has 4 rings (SSSR count). The molecular formula is C24H29N5O. The second-order valence-electron chi connectivity index (χ2n) is 8.08. The van der Waals surface area contributed by atoms with Gasteiger partial charge in [0.1, 0.15) is 0 Å². The van der Waals surface area contributed by atoms with Crippen molar-refractivity contribution in [2.75, 3.05) is 12.4 Å². The lowest BCUT2D eigenvalue weighted by Gasteiger charge is -2.31. The van der Waals surface area contributed by atoms with Crippen molar-refractivity contribution in [3.63, 3.8) is 0 Å². The van der Waals surface area contributed by atoms with Crippen molar-refractivity contribution in [3.05, 3.63) is 71.5 Å². The molecule has 0 spiro atoms. The Morgan fingerprint density at radius 1 is 1.03 bits per heavy atom. The van der Waals surface area contributed by atoms with E-state index in [1.54, 1.807) is 0 Å². The van der Waals surface area contributed by atoms with Gasteiger partial charge < -0.3 is 5.32 Å². The van der Waals surface area contributed by atoms with E-state index in [1.165, 1.54) is 36.9 Å². The van der Waals surface area contributed by atoms with Crippen LogP contribution >= 0.6 is 0 Å². The third-order valence-corrected chi connectivity index (χ3v) is 5.87. The Bertz CT molecular complexity index is 992. The van der Waals surface area contributed by atoms with Crippen LogP contribution in [0.25, 0.3) is 5.69 Å². The minimum absolute atomic E-state index is 0.234. The number of amides is 1. The summed E-state index contributed by atoms with van der Waals surface area (Å²) in [4.78, 5) is 16.9. The van der Waals surface area contributed by atoms with E-state index < -0.39 is 0 Å². The zero-order valence-electron chi connectivity index (χ0n) is 17.7. The van der Waals surface area contributed by atoms with Gasteiger partial charge in [-0.15, -0.1) is 5.10 Å². The smallest absolute Gasteiger partial charge is 0.278 e. The number of aryl methyl sites for hydroxylation is 1. The van der Waals surface area contributed by atoms with Gasteiger partial charge in [-0.1, -0.05) is 55.7 Å². The molecule has 1 heterocycles. The number of carbonyl (C=O) groups excluding carboxylic acids is 1. The highest BCUT2D eigenvalue weighted by Gasteiger charge is 2.21. The fraction of sp³-hybridized carbons (Fsp3) is 0.375. The molecule has 0 atom stereocenters. The SMILES string of the molecule is Cc1nn(-c2ccccc2)nc1C(=O)Nc1ccccc1CN(C)C1CCCCC1. The summed E-state index contributed by atoms with van der Waals surface area (Å²) in [6.07, 6.45) is 6.48. The van der Waals surface area contributed by atoms with Gasteiger partial charge in [0.25, 0.3) is 5.91 Å². The van der Waals surface area contributed by atoms with Crippen LogP contribution in [-0.2, 0) is 6.54 Å². The van der Waals surface area contributed by atoms with E-state index in [-0.39, 0.29) is 5.91 Å². The Morgan fingerprint density at radius 3 is 2.50 bits per heavy atom. The van der Waals surface area contributed by atoms with Crippen LogP contribution in [0.4, 0.5) is 5.69 Å². The number of benzene rings is 2. The van der Waals surface area contributed by atoms with Gasteiger partial charge in [-0.2, -0.15) is 9.90 Å². The Labute approximate surface area is 177 Å². The van der Waals surface area contributed by atoms with E-state index in [0.29, 0.717) is 17.4 Å². The summed E-state index contributed by atoms with van der Waals surface area (Å²) in [7, 11) is 2.18. The molecule has 6 nitrogen and oxygen atoms in total. The largest absolute Gasteiger partial charge is 0.320 e. The highest BCUT2D eigenvalue weighted by molar-refractivity contribution is 6.03. The molecule has 1 aliphatic rings. The van der Waals surface area contributed by atoms with Gasteiger partial charge >= 0.3 is 0 Å². The van der Waals surface area contributed by atoms with Gasteiger partial charge in [0.15, 0.2) is 5.69 Å². The molecular weight excluding hydrogens is 374 g/mol. The third-order valence-electron chi connectivity index (χ3n) is 5.87. The van der Waals surface area contributed by atoms with Crippen molar-refractivity contribution in [3.8, 4) is 5.69 Å². The molecule has 0 saturated heterocycles. The monoisotopic (exact) mass is 403 g/mol. The summed E-state index contributed by atoms with van der Waals surface area (Å²) in [5, 5.41) is 11.9. The first-order valence-electron chi connectivity index (χ1n) is 10.7. The molecule has 1 amide bonds. The molecule has 0 radical (unpaired) electrons. The first kappa shape index (κ1) is 20.3. The van der Waals surface area contributed by atoms with Crippen LogP contribution in [0.2, 0.25) is 0 Å². The topological polar surface area (TPSA) is 63.1 Å². The van der Waals surface area contributed by atoms with Crippen molar-refractivity contribution in [2.45, 2.75) is 51.6 Å². The predicted molar refractivity (Wildman–Crippen MR) is 119 cm³/mol. The maximum absolute atomic E-state index is 13.0. The first-order valence-corrected chi connectivity index (χ1v) is 10.7. The van der Waals surface area contributed by atoms with Crippen LogP contribution in [0.3, 0.4) is 0 Å². The van der Waals surface area contributed by atoms with E-state index in [2.05, 4.69) is 33.5 Å². The summed E-state index contributed by atoms with van der Waals surface area (Å²) in [6.45, 7) is 2.63. The number of aromatic nitrogens is 3. The second-order valence-corrected chi connectivity index (χ2v) is 8.08. The maximum Gasteiger partial charge on any atom is 0.278 e. The number of rotatable bonds is 6. The molecule has 1 saturated carbocycles. The van der Waals surface area contributed by atoms with Gasteiger partial charge in [0.2, 0.25) is 0 Å². The van der Waals surface area contributed by atoms with Crippen LogP contribution in [-0.4, -0.2) is 38.9 Å². The summed E-state index contributed by atoms with van der Waals surface area (Å²) in [6, 6.07) is 18.3. The minimum atomic E-state index is -0.234. The number of hydrogen-bond acceptors (Lipinski definition) is 4. The lowest BCUT2D eigenvalue weighted by atomic mass is 9.94. The van der Waals surface area contributed by atoms with Crippen molar-refractivity contribution in [1.82, 2.24) is 19.9 Å². The molecule has 156 valence electrons. The molecule has 6 heteroatoms. The number of nitrogens with one attached hydrogen (secondary N) is 1. The summed E-state index contributed by atoms with van der Waals surface area (Å²) in [5.41, 5.74) is 3.72. The number of anilines is 1. The average molecular weight is 404 g/mol. The zero-order chi connectivity index (χ0) is 20.9. The average Bonchev–Trinajstić information content (AvgIpc) is 3.18. The van der Waals surface area contributed by atoms with E-state index in [0.717, 1.165) is 23.5 Å². The highest BCUT2D eigenvalue weighted by Crippen LogP contribution is 2.25. The Kier molecular flexibility index (Phi) is 6.23. The molecule has 1 N–H and O–H groups in total. The molecule has 1 aromatic heterocycles. The van der Waals surface area contributed by atoms with E-state index in [9.17, 15) is 4.79 Å². The van der Waals surface area contributed by atoms with Crippen LogP contribution in [0.5, 0.6) is 0 Å². The van der Waals surface area contributed by atoms with Gasteiger partial charge in [0.05, 0.1) is 11.4 Å².